The maximum absolute atomic E-state index is 5.44. The third-order valence-electron chi connectivity index (χ3n) is 3.73. The molecule has 104 valence electrons. The van der Waals surface area contributed by atoms with E-state index in [-0.39, 0.29) is 0 Å². The van der Waals surface area contributed by atoms with E-state index >= 15 is 0 Å². The van der Waals surface area contributed by atoms with Crippen LogP contribution in [0.3, 0.4) is 0 Å². The van der Waals surface area contributed by atoms with Crippen LogP contribution in [0.1, 0.15) is 43.6 Å². The molecule has 2 heterocycles. The Morgan fingerprint density at radius 2 is 2.16 bits per heavy atom. The van der Waals surface area contributed by atoms with Gasteiger partial charge in [0.15, 0.2) is 0 Å². The average Bonchev–Trinajstić information content (AvgIpc) is 3.12. The van der Waals surface area contributed by atoms with Crippen molar-refractivity contribution in [2.75, 3.05) is 25.1 Å². The van der Waals surface area contributed by atoms with Crippen molar-refractivity contribution in [3.63, 3.8) is 0 Å². The standard InChI is InChI=1S/C14H20BrN3O/c1-2-16-14-12(15)13(10-3-4-10)17-11(18-14)7-9-5-6-19-8-9/h9-10H,2-8H2,1H3,(H,16,17,18). The van der Waals surface area contributed by atoms with Crippen molar-refractivity contribution in [2.45, 2.75) is 38.5 Å². The Kier molecular flexibility index (Phi) is 4.03. The highest BCUT2D eigenvalue weighted by molar-refractivity contribution is 9.10. The van der Waals surface area contributed by atoms with Gasteiger partial charge >= 0.3 is 0 Å². The van der Waals surface area contributed by atoms with Gasteiger partial charge in [-0.05, 0) is 48.0 Å². The minimum absolute atomic E-state index is 0.586. The zero-order chi connectivity index (χ0) is 13.2. The van der Waals surface area contributed by atoms with Gasteiger partial charge in [0.25, 0.3) is 0 Å². The topological polar surface area (TPSA) is 47.0 Å². The summed E-state index contributed by atoms with van der Waals surface area (Å²) in [5.74, 6) is 3.14. The van der Waals surface area contributed by atoms with Gasteiger partial charge < -0.3 is 10.1 Å². The fourth-order valence-electron chi connectivity index (χ4n) is 2.52. The molecule has 1 N–H and O–H groups in total. The molecule has 1 aliphatic heterocycles. The van der Waals surface area contributed by atoms with Crippen LogP contribution in [-0.4, -0.2) is 29.7 Å². The number of aromatic nitrogens is 2. The second kappa shape index (κ2) is 5.75. The Labute approximate surface area is 122 Å². The predicted molar refractivity (Wildman–Crippen MR) is 78.5 cm³/mol. The molecule has 19 heavy (non-hydrogen) atoms. The monoisotopic (exact) mass is 325 g/mol. The smallest absolute Gasteiger partial charge is 0.144 e. The Bertz CT molecular complexity index is 456. The maximum Gasteiger partial charge on any atom is 0.144 e. The lowest BCUT2D eigenvalue weighted by Gasteiger charge is -2.13. The van der Waals surface area contributed by atoms with Crippen LogP contribution in [0.4, 0.5) is 5.82 Å². The first kappa shape index (κ1) is 13.3. The summed E-state index contributed by atoms with van der Waals surface area (Å²) in [6.45, 7) is 4.72. The highest BCUT2D eigenvalue weighted by Gasteiger charge is 2.30. The molecule has 1 unspecified atom stereocenters. The van der Waals surface area contributed by atoms with Crippen LogP contribution in [0.5, 0.6) is 0 Å². The summed E-state index contributed by atoms with van der Waals surface area (Å²) >= 11 is 3.66. The molecule has 0 radical (unpaired) electrons. The molecular formula is C14H20BrN3O. The highest BCUT2D eigenvalue weighted by Crippen LogP contribution is 2.43. The van der Waals surface area contributed by atoms with E-state index in [0.717, 1.165) is 48.7 Å². The highest BCUT2D eigenvalue weighted by atomic mass is 79.9. The van der Waals surface area contributed by atoms with E-state index in [9.17, 15) is 0 Å². The van der Waals surface area contributed by atoms with Crippen LogP contribution in [0.25, 0.3) is 0 Å². The molecule has 1 atom stereocenters. The van der Waals surface area contributed by atoms with Crippen LogP contribution in [0.15, 0.2) is 4.47 Å². The minimum Gasteiger partial charge on any atom is -0.381 e. The molecule has 3 rings (SSSR count). The summed E-state index contributed by atoms with van der Waals surface area (Å²) in [5.41, 5.74) is 1.19. The molecule has 2 fully saturated rings. The second-order valence-electron chi connectivity index (χ2n) is 5.43. The van der Waals surface area contributed by atoms with Crippen molar-refractivity contribution in [1.29, 1.82) is 0 Å². The summed E-state index contributed by atoms with van der Waals surface area (Å²) in [6, 6.07) is 0. The second-order valence-corrected chi connectivity index (χ2v) is 6.22. The lowest BCUT2D eigenvalue weighted by molar-refractivity contribution is 0.185. The van der Waals surface area contributed by atoms with Crippen molar-refractivity contribution >= 4 is 21.7 Å². The van der Waals surface area contributed by atoms with E-state index in [1.54, 1.807) is 0 Å². The van der Waals surface area contributed by atoms with Crippen LogP contribution in [0.2, 0.25) is 0 Å². The number of halogens is 1. The number of ether oxygens (including phenoxy) is 1. The quantitative estimate of drug-likeness (QED) is 0.903. The molecule has 2 aliphatic rings. The first-order valence-corrected chi connectivity index (χ1v) is 7.95. The summed E-state index contributed by atoms with van der Waals surface area (Å²) in [6.07, 6.45) is 4.58. The molecular weight excluding hydrogens is 306 g/mol. The molecule has 1 aliphatic carbocycles. The molecule has 1 aromatic heterocycles. The van der Waals surface area contributed by atoms with Gasteiger partial charge in [0.05, 0.1) is 10.2 Å². The molecule has 0 amide bonds. The van der Waals surface area contributed by atoms with E-state index in [1.807, 2.05) is 0 Å². The Morgan fingerprint density at radius 3 is 2.79 bits per heavy atom. The Hall–Kier alpha value is -0.680. The summed E-state index contributed by atoms with van der Waals surface area (Å²) in [5, 5.41) is 3.33. The summed E-state index contributed by atoms with van der Waals surface area (Å²) < 4.78 is 6.50. The SMILES string of the molecule is CCNc1nc(CC2CCOC2)nc(C2CC2)c1Br. The number of nitrogens with one attached hydrogen (secondary N) is 1. The third kappa shape index (κ3) is 3.08. The summed E-state index contributed by atoms with van der Waals surface area (Å²) in [7, 11) is 0. The Balaban J connectivity index is 1.85. The van der Waals surface area contributed by atoms with Crippen molar-refractivity contribution in [2.24, 2.45) is 5.92 Å². The maximum atomic E-state index is 5.44. The van der Waals surface area contributed by atoms with Gasteiger partial charge in [0.1, 0.15) is 11.6 Å². The van der Waals surface area contributed by atoms with Crippen LogP contribution >= 0.6 is 15.9 Å². The number of anilines is 1. The minimum atomic E-state index is 0.586. The van der Waals surface area contributed by atoms with Gasteiger partial charge in [-0.2, -0.15) is 0 Å². The fourth-order valence-corrected chi connectivity index (χ4v) is 3.16. The van der Waals surface area contributed by atoms with Gasteiger partial charge in [0.2, 0.25) is 0 Å². The van der Waals surface area contributed by atoms with E-state index in [1.165, 1.54) is 18.5 Å². The first-order valence-electron chi connectivity index (χ1n) is 7.15. The number of nitrogens with zero attached hydrogens (tertiary/aromatic N) is 2. The van der Waals surface area contributed by atoms with Gasteiger partial charge in [-0.3, -0.25) is 0 Å². The van der Waals surface area contributed by atoms with Gasteiger partial charge in [-0.25, -0.2) is 9.97 Å². The van der Waals surface area contributed by atoms with Crippen molar-refractivity contribution in [3.8, 4) is 0 Å². The molecule has 0 aromatic carbocycles. The molecule has 1 saturated carbocycles. The van der Waals surface area contributed by atoms with Crippen LogP contribution in [0, 0.1) is 5.92 Å². The lowest BCUT2D eigenvalue weighted by Crippen LogP contribution is -2.12. The fraction of sp³-hybridized carbons (Fsp3) is 0.714. The normalized spacial score (nSPS) is 22.7. The molecule has 0 bridgehead atoms. The number of hydrogen-bond donors (Lipinski definition) is 1. The molecule has 4 nitrogen and oxygen atoms in total. The van der Waals surface area contributed by atoms with E-state index in [0.29, 0.717) is 11.8 Å². The van der Waals surface area contributed by atoms with E-state index in [4.69, 9.17) is 9.72 Å². The summed E-state index contributed by atoms with van der Waals surface area (Å²) in [4.78, 5) is 9.46. The molecule has 0 spiro atoms. The third-order valence-corrected chi connectivity index (χ3v) is 4.51. The average molecular weight is 326 g/mol. The van der Waals surface area contributed by atoms with Crippen molar-refractivity contribution in [1.82, 2.24) is 9.97 Å². The zero-order valence-electron chi connectivity index (χ0n) is 11.3. The Morgan fingerprint density at radius 1 is 1.32 bits per heavy atom. The number of hydrogen-bond acceptors (Lipinski definition) is 4. The number of rotatable bonds is 5. The first-order chi connectivity index (χ1) is 9.28. The van der Waals surface area contributed by atoms with Gasteiger partial charge in [-0.1, -0.05) is 0 Å². The molecule has 5 heteroatoms. The van der Waals surface area contributed by atoms with Gasteiger partial charge in [-0.15, -0.1) is 0 Å². The van der Waals surface area contributed by atoms with Crippen LogP contribution in [-0.2, 0) is 11.2 Å². The van der Waals surface area contributed by atoms with E-state index in [2.05, 4.69) is 33.2 Å². The van der Waals surface area contributed by atoms with Gasteiger partial charge in [0, 0.05) is 32.1 Å². The largest absolute Gasteiger partial charge is 0.381 e. The van der Waals surface area contributed by atoms with Crippen LogP contribution < -0.4 is 5.32 Å². The van der Waals surface area contributed by atoms with E-state index < -0.39 is 0 Å². The molecule has 1 saturated heterocycles. The van der Waals surface area contributed by atoms with Crippen molar-refractivity contribution < 1.29 is 4.74 Å². The zero-order valence-corrected chi connectivity index (χ0v) is 12.9. The predicted octanol–water partition coefficient (Wildman–Crippen LogP) is 3.13. The molecule has 1 aromatic rings. The lowest BCUT2D eigenvalue weighted by atomic mass is 10.0. The van der Waals surface area contributed by atoms with Crippen molar-refractivity contribution in [3.05, 3.63) is 16.0 Å².